The second-order valence-corrected chi connectivity index (χ2v) is 5.82. The Kier molecular flexibility index (Phi) is 16.0. The van der Waals surface area contributed by atoms with Crippen molar-refractivity contribution < 1.29 is 28.4 Å². The Balaban J connectivity index is 1.66. The van der Waals surface area contributed by atoms with E-state index in [1.54, 1.807) is 0 Å². The molecule has 6 nitrogen and oxygen atoms in total. The highest BCUT2D eigenvalue weighted by atomic mass is 16.7. The van der Waals surface area contributed by atoms with Crippen molar-refractivity contribution in [2.24, 2.45) is 0 Å². The molecule has 0 aliphatic carbocycles. The minimum atomic E-state index is -0.000807. The van der Waals surface area contributed by atoms with E-state index in [4.69, 9.17) is 28.4 Å². The molecule has 0 amide bonds. The topological polar surface area (TPSA) is 55.4 Å². The molecule has 1 aliphatic rings. The van der Waals surface area contributed by atoms with Crippen LogP contribution in [0.15, 0.2) is 0 Å². The van der Waals surface area contributed by atoms with Crippen LogP contribution in [0, 0.1) is 0 Å². The maximum absolute atomic E-state index is 5.64. The summed E-state index contributed by atoms with van der Waals surface area (Å²) in [6.07, 6.45) is 6.54. The minimum Gasteiger partial charge on any atom is -0.379 e. The SMILES string of the molecule is CCCCOCCOCCOCCOCCCOC1CCCCO1. The summed E-state index contributed by atoms with van der Waals surface area (Å²) in [6.45, 7) is 8.91. The molecule has 0 spiro atoms. The third kappa shape index (κ3) is 14.1. The van der Waals surface area contributed by atoms with Gasteiger partial charge in [-0.3, -0.25) is 0 Å². The van der Waals surface area contributed by atoms with Crippen LogP contribution in [-0.4, -0.2) is 72.4 Å². The third-order valence-corrected chi connectivity index (χ3v) is 3.63. The van der Waals surface area contributed by atoms with Gasteiger partial charge >= 0.3 is 0 Å². The summed E-state index contributed by atoms with van der Waals surface area (Å²) in [7, 11) is 0. The monoisotopic (exact) mass is 348 g/mol. The Morgan fingerprint density at radius 2 is 1.29 bits per heavy atom. The third-order valence-electron chi connectivity index (χ3n) is 3.63. The number of unbranched alkanes of at least 4 members (excludes halogenated alkanes) is 1. The van der Waals surface area contributed by atoms with Gasteiger partial charge in [0.05, 0.1) is 46.2 Å². The average Bonchev–Trinajstić information content (AvgIpc) is 2.62. The number of rotatable bonds is 17. The molecule has 0 bridgehead atoms. The molecule has 0 saturated carbocycles. The Bertz CT molecular complexity index is 246. The summed E-state index contributed by atoms with van der Waals surface area (Å²) in [5, 5.41) is 0. The van der Waals surface area contributed by atoms with Crippen molar-refractivity contribution in [1.82, 2.24) is 0 Å². The van der Waals surface area contributed by atoms with E-state index in [1.165, 1.54) is 12.8 Å². The Labute approximate surface area is 147 Å². The van der Waals surface area contributed by atoms with Crippen LogP contribution in [0.5, 0.6) is 0 Å². The molecular formula is C18H36O6. The fourth-order valence-electron chi connectivity index (χ4n) is 2.23. The van der Waals surface area contributed by atoms with E-state index in [9.17, 15) is 0 Å². The first-order valence-electron chi connectivity index (χ1n) is 9.47. The van der Waals surface area contributed by atoms with Gasteiger partial charge in [-0.15, -0.1) is 0 Å². The fraction of sp³-hybridized carbons (Fsp3) is 1.00. The van der Waals surface area contributed by atoms with Crippen molar-refractivity contribution >= 4 is 0 Å². The van der Waals surface area contributed by atoms with E-state index >= 15 is 0 Å². The van der Waals surface area contributed by atoms with Gasteiger partial charge in [0, 0.05) is 19.8 Å². The summed E-state index contributed by atoms with van der Waals surface area (Å²) in [6, 6.07) is 0. The Morgan fingerprint density at radius 3 is 1.83 bits per heavy atom. The first-order valence-corrected chi connectivity index (χ1v) is 9.47. The van der Waals surface area contributed by atoms with E-state index in [0.717, 1.165) is 38.9 Å². The molecule has 1 atom stereocenters. The van der Waals surface area contributed by atoms with Gasteiger partial charge in [0.2, 0.25) is 0 Å². The highest BCUT2D eigenvalue weighted by molar-refractivity contribution is 4.53. The summed E-state index contributed by atoms with van der Waals surface area (Å²) >= 11 is 0. The van der Waals surface area contributed by atoms with Crippen LogP contribution in [-0.2, 0) is 28.4 Å². The van der Waals surface area contributed by atoms with Gasteiger partial charge in [-0.05, 0) is 32.1 Å². The van der Waals surface area contributed by atoms with Crippen LogP contribution in [0.3, 0.4) is 0 Å². The highest BCUT2D eigenvalue weighted by Gasteiger charge is 2.13. The maximum atomic E-state index is 5.64. The van der Waals surface area contributed by atoms with Crippen LogP contribution < -0.4 is 0 Å². The highest BCUT2D eigenvalue weighted by Crippen LogP contribution is 2.13. The lowest BCUT2D eigenvalue weighted by Crippen LogP contribution is -2.23. The molecule has 1 fully saturated rings. The van der Waals surface area contributed by atoms with Crippen molar-refractivity contribution in [2.75, 3.05) is 66.1 Å². The van der Waals surface area contributed by atoms with Crippen molar-refractivity contribution in [3.63, 3.8) is 0 Å². The molecule has 6 heteroatoms. The van der Waals surface area contributed by atoms with Crippen LogP contribution >= 0.6 is 0 Å². The van der Waals surface area contributed by atoms with Gasteiger partial charge in [-0.25, -0.2) is 0 Å². The fourth-order valence-corrected chi connectivity index (χ4v) is 2.23. The van der Waals surface area contributed by atoms with Crippen molar-refractivity contribution in [3.8, 4) is 0 Å². The van der Waals surface area contributed by atoms with E-state index < -0.39 is 0 Å². The smallest absolute Gasteiger partial charge is 0.157 e. The molecular weight excluding hydrogens is 312 g/mol. The molecule has 1 saturated heterocycles. The molecule has 1 rings (SSSR count). The zero-order valence-electron chi connectivity index (χ0n) is 15.3. The summed E-state index contributed by atoms with van der Waals surface area (Å²) in [5.74, 6) is 0. The zero-order chi connectivity index (χ0) is 17.1. The molecule has 0 aromatic rings. The van der Waals surface area contributed by atoms with Gasteiger partial charge < -0.3 is 28.4 Å². The predicted molar refractivity (Wildman–Crippen MR) is 92.3 cm³/mol. The van der Waals surface area contributed by atoms with Crippen molar-refractivity contribution in [3.05, 3.63) is 0 Å². The molecule has 1 heterocycles. The molecule has 0 N–H and O–H groups in total. The zero-order valence-corrected chi connectivity index (χ0v) is 15.3. The summed E-state index contributed by atoms with van der Waals surface area (Å²) in [4.78, 5) is 0. The summed E-state index contributed by atoms with van der Waals surface area (Å²) in [5.41, 5.74) is 0. The standard InChI is InChI=1S/C18H36O6/c1-2-3-8-19-12-14-21-16-17-22-15-13-20-9-6-11-24-18-7-4-5-10-23-18/h18H,2-17H2,1H3. The number of hydrogen-bond acceptors (Lipinski definition) is 6. The second kappa shape index (κ2) is 17.6. The first kappa shape index (κ1) is 21.8. The quantitative estimate of drug-likeness (QED) is 0.377. The summed E-state index contributed by atoms with van der Waals surface area (Å²) < 4.78 is 32.9. The van der Waals surface area contributed by atoms with Gasteiger partial charge in [-0.2, -0.15) is 0 Å². The lowest BCUT2D eigenvalue weighted by Gasteiger charge is -2.22. The predicted octanol–water partition coefficient (Wildman–Crippen LogP) is 2.79. The molecule has 1 aliphatic heterocycles. The first-order chi connectivity index (χ1) is 11.9. The number of ether oxygens (including phenoxy) is 6. The molecule has 0 aromatic heterocycles. The lowest BCUT2D eigenvalue weighted by molar-refractivity contribution is -0.164. The van der Waals surface area contributed by atoms with Gasteiger partial charge in [0.1, 0.15) is 0 Å². The molecule has 144 valence electrons. The van der Waals surface area contributed by atoms with E-state index in [2.05, 4.69) is 6.92 Å². The molecule has 1 unspecified atom stereocenters. The molecule has 24 heavy (non-hydrogen) atoms. The van der Waals surface area contributed by atoms with Gasteiger partial charge in [0.15, 0.2) is 6.29 Å². The van der Waals surface area contributed by atoms with Crippen molar-refractivity contribution in [2.45, 2.75) is 51.7 Å². The van der Waals surface area contributed by atoms with E-state index in [-0.39, 0.29) is 6.29 Å². The van der Waals surface area contributed by atoms with E-state index in [0.29, 0.717) is 52.9 Å². The normalized spacial score (nSPS) is 18.1. The lowest BCUT2D eigenvalue weighted by atomic mass is 10.2. The van der Waals surface area contributed by atoms with Crippen LogP contribution in [0.1, 0.15) is 45.4 Å². The van der Waals surface area contributed by atoms with Crippen LogP contribution in [0.4, 0.5) is 0 Å². The van der Waals surface area contributed by atoms with Crippen LogP contribution in [0.2, 0.25) is 0 Å². The maximum Gasteiger partial charge on any atom is 0.157 e. The largest absolute Gasteiger partial charge is 0.379 e. The van der Waals surface area contributed by atoms with Gasteiger partial charge in [0.25, 0.3) is 0 Å². The van der Waals surface area contributed by atoms with Crippen LogP contribution in [0.25, 0.3) is 0 Å². The molecule has 0 aromatic carbocycles. The number of hydrogen-bond donors (Lipinski definition) is 0. The molecule has 0 radical (unpaired) electrons. The second-order valence-electron chi connectivity index (χ2n) is 5.82. The van der Waals surface area contributed by atoms with Gasteiger partial charge in [-0.1, -0.05) is 13.3 Å². The van der Waals surface area contributed by atoms with E-state index in [1.807, 2.05) is 0 Å². The minimum absolute atomic E-state index is 0.000807. The Hall–Kier alpha value is -0.240. The Morgan fingerprint density at radius 1 is 0.708 bits per heavy atom. The van der Waals surface area contributed by atoms with Crippen molar-refractivity contribution in [1.29, 1.82) is 0 Å². The average molecular weight is 348 g/mol.